The van der Waals surface area contributed by atoms with Gasteiger partial charge in [-0.2, -0.15) is 16.9 Å². The van der Waals surface area contributed by atoms with Crippen molar-refractivity contribution in [2.24, 2.45) is 31.3 Å². The van der Waals surface area contributed by atoms with Gasteiger partial charge in [0.15, 0.2) is 16.1 Å². The molecule has 10 heterocycles. The Morgan fingerprint density at radius 2 is 1.16 bits per heavy atom. The van der Waals surface area contributed by atoms with E-state index in [1.54, 1.807) is 4.68 Å². The van der Waals surface area contributed by atoms with E-state index < -0.39 is 25.0 Å². The second-order valence-electron chi connectivity index (χ2n) is 27.6. The molecule has 14 rings (SSSR count). The molecule has 3 aromatic heterocycles. The Bertz CT molecular complexity index is 2600. The lowest BCUT2D eigenvalue weighted by atomic mass is 9.89. The van der Waals surface area contributed by atoms with Crippen LogP contribution in [0.5, 0.6) is 0 Å². The number of para-hydroxylation sites is 1. The zero-order valence-corrected chi connectivity index (χ0v) is 67.4. The molecule has 10 aliphatic rings. The molecule has 97 heavy (non-hydrogen) atoms. The van der Waals surface area contributed by atoms with Crippen molar-refractivity contribution in [3.63, 3.8) is 0 Å². The number of alkyl halides is 2. The van der Waals surface area contributed by atoms with Crippen LogP contribution in [0.4, 0.5) is 0 Å². The van der Waals surface area contributed by atoms with Crippen molar-refractivity contribution in [1.29, 1.82) is 0 Å². The lowest BCUT2D eigenvalue weighted by Crippen LogP contribution is -2.37. The van der Waals surface area contributed by atoms with Crippen LogP contribution < -0.4 is 0 Å². The summed E-state index contributed by atoms with van der Waals surface area (Å²) < 4.78 is 65.4. The van der Waals surface area contributed by atoms with Gasteiger partial charge in [-0.05, 0) is 196 Å². The summed E-state index contributed by atoms with van der Waals surface area (Å²) in [5, 5.41) is 12.2. The normalized spacial score (nSPS) is 24.2. The fourth-order valence-electron chi connectivity index (χ4n) is 9.91. The number of likely N-dealkylation sites (N-methyl/N-ethyl adjacent to an activating group) is 1. The van der Waals surface area contributed by atoms with Crippen LogP contribution in [0.1, 0.15) is 141 Å². The highest BCUT2D eigenvalue weighted by atomic mass is 35.5. The number of sulfone groups is 1. The number of aryl methyl sites for hydroxylation is 6. The molecule has 0 amide bonds. The number of likely N-dealkylation sites (tertiary alicyclic amines) is 1. The maximum Gasteiger partial charge on any atom is 0.155 e. The lowest BCUT2D eigenvalue weighted by Gasteiger charge is -2.24. The number of allylic oxidation sites excluding steroid dienone is 2. The molecule has 0 spiro atoms. The summed E-state index contributed by atoms with van der Waals surface area (Å²) in [6, 6.07) is 10.6. The molecule has 1 aromatic carbocycles. The van der Waals surface area contributed by atoms with Gasteiger partial charge in [-0.1, -0.05) is 68.4 Å². The first kappa shape index (κ1) is 90.5. The number of methoxy groups -OCH3 is 1. The highest BCUT2D eigenvalue weighted by Gasteiger charge is 2.59. The Morgan fingerprint density at radius 3 is 1.46 bits per heavy atom. The number of fused-ring (bicyclic) bond motifs is 1. The Hall–Kier alpha value is -2.59. The summed E-state index contributed by atoms with van der Waals surface area (Å²) in [5.74, 6) is 7.91. The number of nitrogens with zero attached hydrogens (tertiary/aromatic N) is 11. The van der Waals surface area contributed by atoms with Crippen molar-refractivity contribution >= 4 is 66.5 Å². The minimum Gasteiger partial charge on any atom is -0.381 e. The Kier molecular flexibility index (Phi) is 48.1. The van der Waals surface area contributed by atoms with Gasteiger partial charge in [0, 0.05) is 131 Å². The smallest absolute Gasteiger partial charge is 0.155 e. The standard InChI is InChI=1S/C10H11N.C8H16O.C7H12.C5H8Cl2.C5H11NO2S.C5H11NOS.C5H11NO.C5H11NS.C5H11N.C5H10O.C4H7N3.C4H6N2O.C4H8O2/c1-8-7-9-5-3-4-6-10(9)11(8)2;1-7-3-5-8(9-2)6-4-7;1-7-5-3-2-4-6-7;1-4(2)3-5(4,6)7;1-6-2-4-9(7,8)5-3-6;1-6-2-4-8(7)5-3-6;2*1-6-2-4-7-5-3-6;1-6-4-2-3-5-6;1-5-3-2-4-6-5;1-4-5-3-6-7(4)2;1-3-4(2)6-7-5-3;1-4-5-2-3-6-4/h3-7H,1-2H3;7-8H,3-6H2,1-2H3;2-3,7H,4-6H2,1H3;3H2,1-2H3;2-5H2,1H3;2-5H2,1H3;2*2-5H2,1H3;2-5H2,1H3;5H,2-4H2,1H3;3H,1-2H3;1-2H3;4H,2-3H2,1H3. The zero-order valence-electron chi connectivity index (χ0n) is 63.4. The number of thioether (sulfide) groups is 1. The second-order valence-corrected chi connectivity index (χ2v) is 34.3. The van der Waals surface area contributed by atoms with E-state index in [9.17, 15) is 12.6 Å². The van der Waals surface area contributed by atoms with Crippen molar-refractivity contribution in [1.82, 2.24) is 54.1 Å². The number of morpholine rings is 1. The van der Waals surface area contributed by atoms with Crippen molar-refractivity contribution in [2.75, 3.05) is 175 Å². The SMILES string of the molecule is CC1(C)CC1(Cl)Cl.CC1CC=CCC1.CC1CCCO1.CC1OCCO1.CN1CCCC1.CN1CCOCC1.CN1CCS(=O)(=O)CC1.CN1CCS(=O)CC1.CN1CCSCC1.COC1CCC(C)CC1.Cc1cc2ccccc2n1C.Cc1ncnn1C.Cc1nonc1C. The first-order chi connectivity index (χ1) is 45.9. The third kappa shape index (κ3) is 44.5. The highest BCUT2D eigenvalue weighted by molar-refractivity contribution is 7.99. The number of hydrogen-bond acceptors (Lipinski definition) is 19. The van der Waals surface area contributed by atoms with E-state index in [-0.39, 0.29) is 11.7 Å². The molecule has 0 radical (unpaired) electrons. The van der Waals surface area contributed by atoms with E-state index in [0.717, 1.165) is 106 Å². The van der Waals surface area contributed by atoms with Gasteiger partial charge >= 0.3 is 0 Å². The molecular weight excluding hydrogens is 1330 g/mol. The second kappa shape index (κ2) is 51.5. The van der Waals surface area contributed by atoms with E-state index >= 15 is 0 Å². The molecule has 4 aromatic rings. The maximum absolute atomic E-state index is 10.8. The Morgan fingerprint density at radius 1 is 0.639 bits per heavy atom. The van der Waals surface area contributed by atoms with Crippen molar-refractivity contribution in [2.45, 2.75) is 169 Å². The van der Waals surface area contributed by atoms with Crippen molar-refractivity contribution in [3.8, 4) is 0 Å². The summed E-state index contributed by atoms with van der Waals surface area (Å²) in [7, 11) is 13.1. The number of hydrogen-bond donors (Lipinski definition) is 0. The lowest BCUT2D eigenvalue weighted by molar-refractivity contribution is -0.0254. The average Bonchev–Trinajstić information content (AvgIpc) is 1.60. The van der Waals surface area contributed by atoms with Crippen LogP contribution in [0.3, 0.4) is 0 Å². The van der Waals surface area contributed by atoms with Crippen LogP contribution >= 0.6 is 35.0 Å². The van der Waals surface area contributed by atoms with E-state index in [0.29, 0.717) is 36.8 Å². The quantitative estimate of drug-likeness (QED) is 0.129. The first-order valence-electron chi connectivity index (χ1n) is 35.5. The predicted octanol–water partition coefficient (Wildman–Crippen LogP) is 12.4. The fraction of sp³-hybridized carbons (Fsp3) is 0.806. The van der Waals surface area contributed by atoms with Crippen LogP contribution in [0.2, 0.25) is 0 Å². The van der Waals surface area contributed by atoms with Gasteiger partial charge < -0.3 is 52.8 Å². The van der Waals surface area contributed by atoms with Gasteiger partial charge in [0.2, 0.25) is 0 Å². The number of rotatable bonds is 1. The molecule has 2 atom stereocenters. The fourth-order valence-corrected chi connectivity index (χ4v) is 14.3. The van der Waals surface area contributed by atoms with Gasteiger partial charge in [0.05, 0.1) is 50.1 Å². The monoisotopic (exact) mass is 1460 g/mol. The largest absolute Gasteiger partial charge is 0.381 e. The molecule has 2 unspecified atom stereocenters. The van der Waals surface area contributed by atoms with Crippen LogP contribution in [-0.2, 0) is 58.4 Å². The van der Waals surface area contributed by atoms with E-state index in [1.807, 2.05) is 53.8 Å². The van der Waals surface area contributed by atoms with Gasteiger partial charge in [-0.25, -0.2) is 18.0 Å². The summed E-state index contributed by atoms with van der Waals surface area (Å²) in [6.07, 6.45) is 22.8. The number of aromatic nitrogens is 6. The van der Waals surface area contributed by atoms with E-state index in [1.165, 1.54) is 131 Å². The van der Waals surface area contributed by atoms with E-state index in [2.05, 4.69) is 180 Å². The molecule has 7 saturated heterocycles. The van der Waals surface area contributed by atoms with Gasteiger partial charge in [0.25, 0.3) is 0 Å². The molecule has 0 N–H and O–H groups in total. The molecule has 3 aliphatic carbocycles. The zero-order chi connectivity index (χ0) is 72.2. The summed E-state index contributed by atoms with van der Waals surface area (Å²) in [5.41, 5.74) is 4.52. The molecule has 20 nitrogen and oxygen atoms in total. The summed E-state index contributed by atoms with van der Waals surface area (Å²) in [4.78, 5) is 15.1. The first-order valence-corrected chi connectivity index (χ1v) is 40.8. The molecule has 0 bridgehead atoms. The highest BCUT2D eigenvalue weighted by Crippen LogP contribution is 2.63. The summed E-state index contributed by atoms with van der Waals surface area (Å²) >= 11 is 13.5. The number of halogens is 2. The van der Waals surface area contributed by atoms with Crippen molar-refractivity contribution < 1.29 is 40.9 Å². The van der Waals surface area contributed by atoms with Crippen LogP contribution in [0.15, 0.2) is 53.4 Å². The summed E-state index contributed by atoms with van der Waals surface area (Å²) in [6.45, 7) is 35.7. The molecule has 7 aliphatic heterocycles. The van der Waals surface area contributed by atoms with E-state index in [4.69, 9.17) is 46.9 Å². The van der Waals surface area contributed by atoms with Crippen LogP contribution in [0, 0.1) is 44.9 Å². The van der Waals surface area contributed by atoms with Crippen molar-refractivity contribution in [3.05, 3.63) is 71.7 Å². The third-order valence-corrected chi connectivity index (χ3v) is 23.2. The third-order valence-electron chi connectivity index (χ3n) is 18.1. The minimum atomic E-state index is -2.66. The molecule has 25 heteroatoms. The molecule has 9 fully saturated rings. The molecule has 2 saturated carbocycles. The number of benzene rings is 1. The van der Waals surface area contributed by atoms with Crippen LogP contribution in [0.25, 0.3) is 10.9 Å². The minimum absolute atomic E-state index is 0.0463. The van der Waals surface area contributed by atoms with Gasteiger partial charge in [0.1, 0.15) is 27.9 Å². The number of ether oxygens (including phenoxy) is 5. The Labute approximate surface area is 605 Å². The van der Waals surface area contributed by atoms with Gasteiger partial charge in [-0.3, -0.25) is 8.89 Å². The molecular formula is C72H133Cl2N11O9S3. The maximum atomic E-state index is 10.8. The Balaban J connectivity index is 0.000000359. The van der Waals surface area contributed by atoms with Crippen LogP contribution in [-0.4, -0.2) is 265 Å². The predicted molar refractivity (Wildman–Crippen MR) is 408 cm³/mol. The molecule has 562 valence electrons. The topological polar surface area (TPSA) is 188 Å². The average molecular weight is 1460 g/mol. The van der Waals surface area contributed by atoms with Gasteiger partial charge in [-0.15, -0.1) is 23.2 Å².